The van der Waals surface area contributed by atoms with Gasteiger partial charge in [-0.1, -0.05) is 5.16 Å². The number of hydrogen-bond donors (Lipinski definition) is 1. The standard InChI is InChI=1S/C3H6N2O2/c1-7-5-2-3(4)6/h2H,1H3,(H2,4,6)/b5-2-. The summed E-state index contributed by atoms with van der Waals surface area (Å²) in [5, 5.41) is 3.07. The highest BCUT2D eigenvalue weighted by molar-refractivity contribution is 6.25. The Balaban J connectivity index is 3.26. The van der Waals surface area contributed by atoms with E-state index in [0.717, 1.165) is 6.21 Å². The summed E-state index contributed by atoms with van der Waals surface area (Å²) in [6.07, 6.45) is 0.889. The second-order valence-electron chi connectivity index (χ2n) is 0.819. The molecule has 0 aliphatic heterocycles. The van der Waals surface area contributed by atoms with Crippen LogP contribution >= 0.6 is 0 Å². The highest BCUT2D eigenvalue weighted by Gasteiger charge is 1.78. The van der Waals surface area contributed by atoms with Crippen LogP contribution in [0.3, 0.4) is 0 Å². The Morgan fingerprint density at radius 1 is 2.00 bits per heavy atom. The molecule has 0 saturated carbocycles. The van der Waals surface area contributed by atoms with Crippen LogP contribution in [0.5, 0.6) is 0 Å². The Labute approximate surface area is 40.9 Å². The van der Waals surface area contributed by atoms with Crippen LogP contribution in [0, 0.1) is 0 Å². The van der Waals surface area contributed by atoms with Crippen molar-refractivity contribution in [1.29, 1.82) is 0 Å². The SMILES string of the molecule is CO/N=C\C(N)=O. The predicted molar refractivity (Wildman–Crippen MR) is 24.7 cm³/mol. The van der Waals surface area contributed by atoms with Crippen molar-refractivity contribution in [2.45, 2.75) is 0 Å². The van der Waals surface area contributed by atoms with Gasteiger partial charge in [0.25, 0.3) is 5.91 Å². The zero-order valence-corrected chi connectivity index (χ0v) is 3.92. The van der Waals surface area contributed by atoms with E-state index in [1.165, 1.54) is 7.11 Å². The van der Waals surface area contributed by atoms with E-state index >= 15 is 0 Å². The van der Waals surface area contributed by atoms with Crippen molar-refractivity contribution in [3.05, 3.63) is 0 Å². The minimum absolute atomic E-state index is 0.609. The van der Waals surface area contributed by atoms with Crippen molar-refractivity contribution in [3.63, 3.8) is 0 Å². The number of amides is 1. The number of nitrogens with two attached hydrogens (primary N) is 1. The zero-order chi connectivity index (χ0) is 5.70. The molecule has 0 aromatic carbocycles. The Bertz CT molecular complexity index is 88.9. The first-order valence-electron chi connectivity index (χ1n) is 1.63. The molecule has 40 valence electrons. The van der Waals surface area contributed by atoms with Gasteiger partial charge in [-0.2, -0.15) is 0 Å². The van der Waals surface area contributed by atoms with Crippen molar-refractivity contribution < 1.29 is 9.63 Å². The summed E-state index contributed by atoms with van der Waals surface area (Å²) >= 11 is 0. The first kappa shape index (κ1) is 5.94. The lowest BCUT2D eigenvalue weighted by Gasteiger charge is -1.79. The van der Waals surface area contributed by atoms with E-state index in [-0.39, 0.29) is 0 Å². The van der Waals surface area contributed by atoms with Gasteiger partial charge in [-0.25, -0.2) is 0 Å². The van der Waals surface area contributed by atoms with Crippen molar-refractivity contribution in [2.24, 2.45) is 10.9 Å². The summed E-state index contributed by atoms with van der Waals surface area (Å²) in [6.45, 7) is 0. The topological polar surface area (TPSA) is 64.7 Å². The summed E-state index contributed by atoms with van der Waals surface area (Å²) in [6, 6.07) is 0. The van der Waals surface area contributed by atoms with E-state index in [1.54, 1.807) is 0 Å². The number of nitrogens with zero attached hydrogens (tertiary/aromatic N) is 1. The van der Waals surface area contributed by atoms with E-state index in [1.807, 2.05) is 0 Å². The van der Waals surface area contributed by atoms with Crippen LogP contribution in [0.1, 0.15) is 0 Å². The molecule has 0 fully saturated rings. The largest absolute Gasteiger partial charge is 0.399 e. The fourth-order valence-electron chi connectivity index (χ4n) is 0.105. The monoisotopic (exact) mass is 102 g/mol. The Hall–Kier alpha value is -1.06. The van der Waals surface area contributed by atoms with Crippen LogP contribution in [0.2, 0.25) is 0 Å². The average molecular weight is 102 g/mol. The van der Waals surface area contributed by atoms with Gasteiger partial charge in [0.2, 0.25) is 0 Å². The molecule has 0 rings (SSSR count). The third-order valence-electron chi connectivity index (χ3n) is 0.285. The maximum Gasteiger partial charge on any atom is 0.263 e. The first-order valence-corrected chi connectivity index (χ1v) is 1.63. The van der Waals surface area contributed by atoms with Gasteiger partial charge in [0.05, 0.1) is 0 Å². The molecular weight excluding hydrogens is 96.0 g/mol. The highest BCUT2D eigenvalue weighted by Crippen LogP contribution is 1.59. The van der Waals surface area contributed by atoms with Crippen LogP contribution < -0.4 is 5.73 Å². The van der Waals surface area contributed by atoms with Gasteiger partial charge in [-0.05, 0) is 0 Å². The maximum absolute atomic E-state index is 9.75. The normalized spacial score (nSPS) is 9.29. The van der Waals surface area contributed by atoms with Gasteiger partial charge < -0.3 is 10.6 Å². The molecule has 0 aliphatic rings. The molecule has 0 heterocycles. The maximum atomic E-state index is 9.75. The molecule has 0 radical (unpaired) electrons. The Morgan fingerprint density at radius 2 is 2.57 bits per heavy atom. The van der Waals surface area contributed by atoms with Crippen molar-refractivity contribution in [3.8, 4) is 0 Å². The molecule has 0 aliphatic carbocycles. The Kier molecular flexibility index (Phi) is 2.67. The fourth-order valence-corrected chi connectivity index (χ4v) is 0.105. The fraction of sp³-hybridized carbons (Fsp3) is 0.333. The predicted octanol–water partition coefficient (Wildman–Crippen LogP) is -0.896. The number of oxime groups is 1. The smallest absolute Gasteiger partial charge is 0.263 e. The van der Waals surface area contributed by atoms with Crippen molar-refractivity contribution in [1.82, 2.24) is 0 Å². The molecule has 0 spiro atoms. The number of primary amides is 1. The van der Waals surface area contributed by atoms with Crippen LogP contribution in [-0.2, 0) is 9.63 Å². The van der Waals surface area contributed by atoms with E-state index in [4.69, 9.17) is 0 Å². The lowest BCUT2D eigenvalue weighted by Crippen LogP contribution is -2.11. The number of carbonyl (C=O) groups is 1. The minimum atomic E-state index is -0.609. The van der Waals surface area contributed by atoms with Crippen molar-refractivity contribution in [2.75, 3.05) is 7.11 Å². The number of carbonyl (C=O) groups excluding carboxylic acids is 1. The van der Waals surface area contributed by atoms with E-state index in [2.05, 4.69) is 15.7 Å². The second kappa shape index (κ2) is 3.14. The molecule has 0 saturated heterocycles. The molecule has 0 atom stereocenters. The lowest BCUT2D eigenvalue weighted by molar-refractivity contribution is -0.111. The molecule has 1 amide bonds. The molecule has 7 heavy (non-hydrogen) atoms. The van der Waals surface area contributed by atoms with Crippen molar-refractivity contribution >= 4 is 12.1 Å². The minimum Gasteiger partial charge on any atom is -0.399 e. The zero-order valence-electron chi connectivity index (χ0n) is 3.92. The Morgan fingerprint density at radius 3 is 2.71 bits per heavy atom. The summed E-state index contributed by atoms with van der Waals surface area (Å²) in [4.78, 5) is 13.9. The molecule has 0 aromatic heterocycles. The van der Waals surface area contributed by atoms with Gasteiger partial charge >= 0.3 is 0 Å². The molecule has 0 aromatic rings. The van der Waals surface area contributed by atoms with Gasteiger partial charge in [0.15, 0.2) is 0 Å². The third-order valence-corrected chi connectivity index (χ3v) is 0.285. The van der Waals surface area contributed by atoms with Gasteiger partial charge in [-0.3, -0.25) is 4.79 Å². The van der Waals surface area contributed by atoms with E-state index in [9.17, 15) is 4.79 Å². The van der Waals surface area contributed by atoms with Gasteiger partial charge in [0.1, 0.15) is 13.3 Å². The molecule has 0 unspecified atom stereocenters. The number of rotatable bonds is 2. The molecule has 2 N–H and O–H groups in total. The molecular formula is C3H6N2O2. The second-order valence-corrected chi connectivity index (χ2v) is 0.819. The average Bonchev–Trinajstić information content (AvgIpc) is 1.61. The quantitative estimate of drug-likeness (QED) is 0.363. The van der Waals surface area contributed by atoms with Gasteiger partial charge in [-0.15, -0.1) is 0 Å². The van der Waals surface area contributed by atoms with Crippen LogP contribution in [0.25, 0.3) is 0 Å². The van der Waals surface area contributed by atoms with E-state index < -0.39 is 5.91 Å². The molecule has 4 heteroatoms. The lowest BCUT2D eigenvalue weighted by atomic mass is 10.7. The van der Waals surface area contributed by atoms with Crippen LogP contribution in [0.15, 0.2) is 5.16 Å². The first-order chi connectivity index (χ1) is 3.27. The summed E-state index contributed by atoms with van der Waals surface area (Å²) < 4.78 is 0. The molecule has 4 nitrogen and oxygen atoms in total. The third kappa shape index (κ3) is 4.94. The summed E-state index contributed by atoms with van der Waals surface area (Å²) in [7, 11) is 1.33. The van der Waals surface area contributed by atoms with Crippen LogP contribution in [0.4, 0.5) is 0 Å². The highest BCUT2D eigenvalue weighted by atomic mass is 16.6. The van der Waals surface area contributed by atoms with Gasteiger partial charge in [0, 0.05) is 0 Å². The van der Waals surface area contributed by atoms with Crippen LogP contribution in [-0.4, -0.2) is 19.2 Å². The summed E-state index contributed by atoms with van der Waals surface area (Å²) in [5.74, 6) is -0.609. The molecule has 0 bridgehead atoms. The summed E-state index contributed by atoms with van der Waals surface area (Å²) in [5.41, 5.74) is 4.61. The van der Waals surface area contributed by atoms with E-state index in [0.29, 0.717) is 0 Å². The number of hydrogen-bond acceptors (Lipinski definition) is 3.